The smallest absolute Gasteiger partial charge is 0.408 e. The number of ether oxygens (including phenoxy) is 4. The first-order valence-corrected chi connectivity index (χ1v) is 23.0. The zero-order valence-corrected chi connectivity index (χ0v) is 42.7. The maximum absolute atomic E-state index is 12.4. The Morgan fingerprint density at radius 1 is 0.521 bits per heavy atom. The molecule has 0 aliphatic rings. The van der Waals surface area contributed by atoms with Crippen LogP contribution in [-0.4, -0.2) is 28.5 Å². The van der Waals surface area contributed by atoms with Crippen molar-refractivity contribution >= 4 is 57.5 Å². The highest BCUT2D eigenvalue weighted by Crippen LogP contribution is 2.23. The van der Waals surface area contributed by atoms with Crippen LogP contribution in [0, 0.1) is 13.8 Å². The molecule has 17 heteroatoms. The summed E-state index contributed by atoms with van der Waals surface area (Å²) in [5.41, 5.74) is 9.52. The van der Waals surface area contributed by atoms with E-state index in [9.17, 15) is 29.1 Å². The third-order valence-corrected chi connectivity index (χ3v) is 10.1. The number of hydrogen-bond donors (Lipinski definition) is 4. The van der Waals surface area contributed by atoms with Gasteiger partial charge in [-0.3, -0.25) is 14.4 Å². The largest absolute Gasteiger partial charge is 0.508 e. The van der Waals surface area contributed by atoms with Gasteiger partial charge < -0.3 is 53.7 Å². The molecule has 0 aliphatic carbocycles. The zero-order chi connectivity index (χ0) is 52.2. The Morgan fingerprint density at radius 3 is 1.26 bits per heavy atom. The molecule has 3 heterocycles. The second-order valence-electron chi connectivity index (χ2n) is 18.7. The molecular formula is C56H60ClN3O13. The van der Waals surface area contributed by atoms with Crippen LogP contribution >= 0.6 is 12.4 Å². The van der Waals surface area contributed by atoms with Gasteiger partial charge in [0.1, 0.15) is 75.7 Å². The molecular weight excluding hydrogens is 958 g/mol. The highest BCUT2D eigenvalue weighted by molar-refractivity contribution is 5.85. The number of halogens is 1. The second kappa shape index (κ2) is 24.8. The van der Waals surface area contributed by atoms with Gasteiger partial charge in [-0.1, -0.05) is 59.7 Å². The lowest BCUT2D eigenvalue weighted by Gasteiger charge is -2.19. The van der Waals surface area contributed by atoms with Crippen molar-refractivity contribution in [2.75, 3.05) is 0 Å². The van der Waals surface area contributed by atoms with E-state index in [4.69, 9.17) is 37.9 Å². The number of benzene rings is 5. The number of phenols is 1. The van der Waals surface area contributed by atoms with Crippen molar-refractivity contribution < 1.29 is 46.9 Å². The van der Waals surface area contributed by atoms with Crippen molar-refractivity contribution in [3.8, 4) is 17.2 Å². The van der Waals surface area contributed by atoms with Crippen molar-refractivity contribution in [1.82, 2.24) is 10.6 Å². The predicted octanol–water partition coefficient (Wildman–Crippen LogP) is 10.8. The maximum atomic E-state index is 12.4. The number of phenolic OH excluding ortho intramolecular Hbond substituents is 1. The lowest BCUT2D eigenvalue weighted by Crippen LogP contribution is -2.32. The number of amides is 2. The molecule has 73 heavy (non-hydrogen) atoms. The second-order valence-corrected chi connectivity index (χ2v) is 18.7. The molecule has 5 aromatic carbocycles. The molecule has 0 atom stereocenters. The van der Waals surface area contributed by atoms with Gasteiger partial charge in [0, 0.05) is 36.4 Å². The number of aryl methyl sites for hydroxylation is 2. The standard InChI is InChI=1S/C23H25NO5.C18H17NO3.C15H17NO5.ClH/c1-15-5-7-16(8-6-15)14-27-17-9-10-19-20(25)11-18(28-21(19)12-17)13-24-22(26)29-23(2,3)4;1-12-2-4-13(5-3-12)11-21-14-6-7-16-17(20)8-15(10-19)22-18(16)9-14;1-15(2,3)21-14(19)16-8-10-7-12(18)11-5-4-9(17)6-13(11)20-10;/h5-12H,13-14H2,1-4H3,(H,24,26);2-9H,10-11,19H2,1H3;4-7,17H,8H2,1-3H3,(H,16,19);1H. The average Bonchev–Trinajstić information content (AvgIpc) is 3.31. The Hall–Kier alpha value is -8.08. The van der Waals surface area contributed by atoms with Gasteiger partial charge in [-0.15, -0.1) is 12.4 Å². The summed E-state index contributed by atoms with van der Waals surface area (Å²) in [5.74, 6) is 2.34. The fourth-order valence-corrected chi connectivity index (χ4v) is 6.67. The van der Waals surface area contributed by atoms with Gasteiger partial charge in [0.15, 0.2) is 16.3 Å². The molecule has 0 saturated carbocycles. The van der Waals surface area contributed by atoms with Gasteiger partial charge in [0.25, 0.3) is 0 Å². The van der Waals surface area contributed by atoms with Gasteiger partial charge in [0.05, 0.1) is 35.8 Å². The first-order chi connectivity index (χ1) is 34.1. The highest BCUT2D eigenvalue weighted by Gasteiger charge is 2.18. The molecule has 0 bridgehead atoms. The molecule has 0 fully saturated rings. The highest BCUT2D eigenvalue weighted by atomic mass is 35.5. The van der Waals surface area contributed by atoms with E-state index in [1.807, 2.05) is 62.4 Å². The summed E-state index contributed by atoms with van der Waals surface area (Å²) in [5, 5.41) is 15.8. The fraction of sp³-hybridized carbons (Fsp3) is 0.268. The number of aromatic hydroxyl groups is 1. The Morgan fingerprint density at radius 2 is 0.877 bits per heavy atom. The maximum Gasteiger partial charge on any atom is 0.408 e. The van der Waals surface area contributed by atoms with E-state index in [2.05, 4.69) is 10.6 Å². The first kappa shape index (κ1) is 55.8. The predicted molar refractivity (Wildman–Crippen MR) is 281 cm³/mol. The first-order valence-electron chi connectivity index (χ1n) is 23.0. The van der Waals surface area contributed by atoms with Crippen molar-refractivity contribution in [3.05, 3.63) is 192 Å². The fourth-order valence-electron chi connectivity index (χ4n) is 6.67. The van der Waals surface area contributed by atoms with Crippen molar-refractivity contribution in [3.63, 3.8) is 0 Å². The van der Waals surface area contributed by atoms with Crippen molar-refractivity contribution in [2.45, 2.75) is 99.4 Å². The Labute approximate surface area is 427 Å². The minimum atomic E-state index is -0.599. The van der Waals surface area contributed by atoms with Crippen LogP contribution < -0.4 is 42.1 Å². The summed E-state index contributed by atoms with van der Waals surface area (Å²) in [6, 6.07) is 34.9. The van der Waals surface area contributed by atoms with E-state index in [0.29, 0.717) is 63.6 Å². The Bertz CT molecular complexity index is 3350. The topological polar surface area (TPSA) is 232 Å². The van der Waals surface area contributed by atoms with Crippen LogP contribution in [0.15, 0.2) is 149 Å². The summed E-state index contributed by atoms with van der Waals surface area (Å²) in [7, 11) is 0. The summed E-state index contributed by atoms with van der Waals surface area (Å²) in [6.45, 7) is 15.8. The third-order valence-electron chi connectivity index (χ3n) is 10.1. The van der Waals surface area contributed by atoms with E-state index in [1.54, 1.807) is 77.9 Å². The van der Waals surface area contributed by atoms with E-state index in [1.165, 1.54) is 47.5 Å². The number of hydrogen-bond acceptors (Lipinski definition) is 14. The van der Waals surface area contributed by atoms with Crippen molar-refractivity contribution in [2.24, 2.45) is 5.73 Å². The summed E-state index contributed by atoms with van der Waals surface area (Å²) >= 11 is 0. The van der Waals surface area contributed by atoms with Crippen molar-refractivity contribution in [1.29, 1.82) is 0 Å². The minimum absolute atomic E-state index is 0. The molecule has 0 radical (unpaired) electrons. The monoisotopic (exact) mass is 1020 g/mol. The molecule has 384 valence electrons. The lowest BCUT2D eigenvalue weighted by molar-refractivity contribution is 0.0509. The van der Waals surface area contributed by atoms with Crippen LogP contribution in [0.4, 0.5) is 9.59 Å². The Kier molecular flexibility index (Phi) is 19.0. The molecule has 8 aromatic rings. The van der Waals surface area contributed by atoms with Crippen LogP contribution in [0.25, 0.3) is 32.9 Å². The van der Waals surface area contributed by atoms with E-state index < -0.39 is 23.4 Å². The van der Waals surface area contributed by atoms with Gasteiger partial charge >= 0.3 is 12.2 Å². The number of carbonyl (C=O) groups excluding carboxylic acids is 2. The number of alkyl carbamates (subject to hydrolysis) is 2. The van der Waals surface area contributed by atoms with Gasteiger partial charge in [-0.25, -0.2) is 9.59 Å². The summed E-state index contributed by atoms with van der Waals surface area (Å²) in [6.07, 6.45) is -1.17. The van der Waals surface area contributed by atoms with Gasteiger partial charge in [0.2, 0.25) is 0 Å². The number of nitrogens with two attached hydrogens (primary N) is 1. The van der Waals surface area contributed by atoms with E-state index in [-0.39, 0.29) is 65.4 Å². The molecule has 3 aromatic heterocycles. The van der Waals surface area contributed by atoms with Crippen LogP contribution in [0.2, 0.25) is 0 Å². The summed E-state index contributed by atoms with van der Waals surface area (Å²) < 4.78 is 38.7. The van der Waals surface area contributed by atoms with Gasteiger partial charge in [-0.2, -0.15) is 0 Å². The number of fused-ring (bicyclic) bond motifs is 3. The van der Waals surface area contributed by atoms with Crippen LogP contribution in [0.3, 0.4) is 0 Å². The molecule has 16 nitrogen and oxygen atoms in total. The number of carbonyl (C=O) groups is 2. The third kappa shape index (κ3) is 17.3. The van der Waals surface area contributed by atoms with Crippen LogP contribution in [-0.2, 0) is 42.3 Å². The quantitative estimate of drug-likeness (QED) is 0.0944. The molecule has 2 amide bonds. The normalized spacial score (nSPS) is 11.0. The molecule has 0 spiro atoms. The molecule has 0 aliphatic heterocycles. The van der Waals surface area contributed by atoms with E-state index >= 15 is 0 Å². The number of nitrogens with one attached hydrogen (secondary N) is 2. The minimum Gasteiger partial charge on any atom is -0.508 e. The lowest BCUT2D eigenvalue weighted by atomic mass is 10.2. The Balaban J connectivity index is 0.000000205. The molecule has 8 rings (SSSR count). The van der Waals surface area contributed by atoms with Crippen LogP contribution in [0.1, 0.15) is 81.1 Å². The number of rotatable bonds is 11. The van der Waals surface area contributed by atoms with Crippen LogP contribution in [0.5, 0.6) is 17.2 Å². The van der Waals surface area contributed by atoms with E-state index in [0.717, 1.165) is 11.1 Å². The average molecular weight is 1020 g/mol. The zero-order valence-electron chi connectivity index (χ0n) is 41.9. The molecule has 5 N–H and O–H groups in total. The molecule has 0 unspecified atom stereocenters. The van der Waals surface area contributed by atoms with Gasteiger partial charge in [-0.05, 0) is 103 Å². The SMILES string of the molecule is CC(C)(C)OC(=O)NCc1cc(=O)c2ccc(O)cc2o1.Cc1ccc(COc2ccc3c(=O)cc(CN)oc3c2)cc1.Cc1ccc(COc2ccc3c(=O)cc(CNC(=O)OC(C)(C)C)oc3c2)cc1.Cl. The molecule has 0 saturated heterocycles. The summed E-state index contributed by atoms with van der Waals surface area (Å²) in [4.78, 5) is 59.5.